The second-order valence-electron chi connectivity index (χ2n) is 2.71. The van der Waals surface area contributed by atoms with Crippen molar-refractivity contribution in [2.45, 2.75) is 19.9 Å². The molecule has 4 nitrogen and oxygen atoms in total. The second-order valence-corrected chi connectivity index (χ2v) is 3.46. The molecule has 0 amide bonds. The molecule has 0 aliphatic heterocycles. The molecular weight excluding hydrogens is 224 g/mol. The van der Waals surface area contributed by atoms with E-state index in [1.807, 2.05) is 13.8 Å². The van der Waals surface area contributed by atoms with Gasteiger partial charge in [-0.05, 0) is 29.8 Å². The van der Waals surface area contributed by atoms with E-state index in [2.05, 4.69) is 21.0 Å². The molecule has 0 aliphatic carbocycles. The van der Waals surface area contributed by atoms with Crippen LogP contribution in [0.5, 0.6) is 0 Å². The molecular formula is C7H9BrN2O2. The summed E-state index contributed by atoms with van der Waals surface area (Å²) in [6.45, 7) is 3.87. The van der Waals surface area contributed by atoms with Gasteiger partial charge in [-0.25, -0.2) is 4.79 Å². The monoisotopic (exact) mass is 232 g/mol. The van der Waals surface area contributed by atoms with Crippen molar-refractivity contribution in [3.8, 4) is 0 Å². The fourth-order valence-corrected chi connectivity index (χ4v) is 1.23. The Morgan fingerprint density at radius 3 is 2.58 bits per heavy atom. The lowest BCUT2D eigenvalue weighted by Gasteiger charge is -2.02. The second kappa shape index (κ2) is 3.26. The van der Waals surface area contributed by atoms with Crippen molar-refractivity contribution in [3.63, 3.8) is 0 Å². The molecule has 12 heavy (non-hydrogen) atoms. The van der Waals surface area contributed by atoms with E-state index in [1.165, 1.54) is 6.20 Å². The normalized spacial score (nSPS) is 10.7. The number of hydrogen-bond donors (Lipinski definition) is 1. The fourth-order valence-electron chi connectivity index (χ4n) is 0.778. The molecule has 0 fully saturated rings. The summed E-state index contributed by atoms with van der Waals surface area (Å²) in [6.07, 6.45) is 1.51. The number of carbonyl (C=O) groups is 1. The van der Waals surface area contributed by atoms with Crippen LogP contribution in [-0.4, -0.2) is 20.9 Å². The Morgan fingerprint density at radius 2 is 2.33 bits per heavy atom. The molecule has 5 heteroatoms. The molecule has 0 aliphatic rings. The number of carboxylic acids is 1. The van der Waals surface area contributed by atoms with Gasteiger partial charge in [-0.1, -0.05) is 0 Å². The number of halogens is 1. The first-order valence-corrected chi connectivity index (χ1v) is 4.29. The molecule has 0 aromatic carbocycles. The highest BCUT2D eigenvalue weighted by molar-refractivity contribution is 9.10. The summed E-state index contributed by atoms with van der Waals surface area (Å²) in [6, 6.07) is 0.175. The van der Waals surface area contributed by atoms with Gasteiger partial charge in [-0.2, -0.15) is 5.10 Å². The van der Waals surface area contributed by atoms with Gasteiger partial charge in [-0.15, -0.1) is 0 Å². The highest BCUT2D eigenvalue weighted by Crippen LogP contribution is 2.16. The molecule has 0 atom stereocenters. The molecule has 0 spiro atoms. The number of rotatable bonds is 2. The van der Waals surface area contributed by atoms with Crippen molar-refractivity contribution in [2.75, 3.05) is 0 Å². The van der Waals surface area contributed by atoms with Crippen molar-refractivity contribution in [2.24, 2.45) is 0 Å². The zero-order chi connectivity index (χ0) is 9.30. The van der Waals surface area contributed by atoms with Crippen molar-refractivity contribution in [1.29, 1.82) is 0 Å². The smallest absolute Gasteiger partial charge is 0.340 e. The van der Waals surface area contributed by atoms with Crippen LogP contribution in [0.2, 0.25) is 0 Å². The predicted molar refractivity (Wildman–Crippen MR) is 47.3 cm³/mol. The van der Waals surface area contributed by atoms with Crippen molar-refractivity contribution in [1.82, 2.24) is 9.78 Å². The van der Waals surface area contributed by atoms with Crippen LogP contribution in [0.25, 0.3) is 0 Å². The summed E-state index contributed by atoms with van der Waals surface area (Å²) >= 11 is 3.07. The van der Waals surface area contributed by atoms with Crippen LogP contribution in [0, 0.1) is 0 Å². The molecule has 0 radical (unpaired) electrons. The summed E-state index contributed by atoms with van der Waals surface area (Å²) in [5.74, 6) is -0.964. The SMILES string of the molecule is CC(C)n1cc(C(=O)O)c(Br)n1. The molecule has 66 valence electrons. The molecule has 0 bridgehead atoms. The maximum atomic E-state index is 10.6. The van der Waals surface area contributed by atoms with E-state index in [1.54, 1.807) is 4.68 Å². The fraction of sp³-hybridized carbons (Fsp3) is 0.429. The van der Waals surface area contributed by atoms with Crippen LogP contribution in [0.1, 0.15) is 30.2 Å². The molecule has 1 N–H and O–H groups in total. The minimum atomic E-state index is -0.964. The number of nitrogens with zero attached hydrogens (tertiary/aromatic N) is 2. The highest BCUT2D eigenvalue weighted by Gasteiger charge is 2.13. The van der Waals surface area contributed by atoms with Crippen LogP contribution in [0.3, 0.4) is 0 Å². The van der Waals surface area contributed by atoms with Gasteiger partial charge in [0.2, 0.25) is 0 Å². The molecule has 1 heterocycles. The van der Waals surface area contributed by atoms with E-state index in [0.29, 0.717) is 4.60 Å². The van der Waals surface area contributed by atoms with Gasteiger partial charge in [-0.3, -0.25) is 4.68 Å². The van der Waals surface area contributed by atoms with Gasteiger partial charge in [0.05, 0.1) is 0 Å². The van der Waals surface area contributed by atoms with Crippen molar-refractivity contribution < 1.29 is 9.90 Å². The van der Waals surface area contributed by atoms with E-state index in [4.69, 9.17) is 5.11 Å². The third-order valence-corrected chi connectivity index (χ3v) is 2.03. The summed E-state index contributed by atoms with van der Waals surface area (Å²) in [5.41, 5.74) is 0.198. The van der Waals surface area contributed by atoms with Gasteiger partial charge >= 0.3 is 5.97 Å². The number of carboxylic acid groups (broad SMARTS) is 1. The first-order valence-electron chi connectivity index (χ1n) is 3.50. The van der Waals surface area contributed by atoms with Crippen molar-refractivity contribution in [3.05, 3.63) is 16.4 Å². The molecule has 1 aromatic heterocycles. The first kappa shape index (κ1) is 9.25. The topological polar surface area (TPSA) is 55.1 Å². The molecule has 1 aromatic rings. The Morgan fingerprint density at radius 1 is 1.75 bits per heavy atom. The van der Waals surface area contributed by atoms with E-state index in [-0.39, 0.29) is 11.6 Å². The lowest BCUT2D eigenvalue weighted by atomic mass is 10.3. The standard InChI is InChI=1S/C7H9BrN2O2/c1-4(2)10-3-5(7(11)12)6(8)9-10/h3-4H,1-2H3,(H,11,12). The summed E-state index contributed by atoms with van der Waals surface area (Å²) in [5, 5.41) is 12.7. The maximum Gasteiger partial charge on any atom is 0.340 e. The van der Waals surface area contributed by atoms with Crippen LogP contribution < -0.4 is 0 Å². The van der Waals surface area contributed by atoms with Gasteiger partial charge in [0, 0.05) is 12.2 Å². The quantitative estimate of drug-likeness (QED) is 0.848. The third-order valence-electron chi connectivity index (χ3n) is 1.45. The Kier molecular flexibility index (Phi) is 2.52. The average molecular weight is 233 g/mol. The molecule has 0 saturated carbocycles. The zero-order valence-electron chi connectivity index (χ0n) is 6.78. The predicted octanol–water partition coefficient (Wildman–Crippen LogP) is 1.92. The summed E-state index contributed by atoms with van der Waals surface area (Å²) in [4.78, 5) is 10.6. The van der Waals surface area contributed by atoms with E-state index >= 15 is 0 Å². The number of hydrogen-bond acceptors (Lipinski definition) is 2. The Labute approximate surface area is 78.3 Å². The van der Waals surface area contributed by atoms with Crippen LogP contribution >= 0.6 is 15.9 Å². The Bertz CT molecular complexity index is 306. The van der Waals surface area contributed by atoms with E-state index < -0.39 is 5.97 Å². The van der Waals surface area contributed by atoms with Crippen molar-refractivity contribution >= 4 is 21.9 Å². The minimum absolute atomic E-state index is 0.175. The lowest BCUT2D eigenvalue weighted by Crippen LogP contribution is -2.00. The van der Waals surface area contributed by atoms with E-state index in [9.17, 15) is 4.79 Å². The molecule has 0 unspecified atom stereocenters. The lowest BCUT2D eigenvalue weighted by molar-refractivity contribution is 0.0696. The van der Waals surface area contributed by atoms with Crippen LogP contribution in [0.4, 0.5) is 0 Å². The zero-order valence-corrected chi connectivity index (χ0v) is 8.37. The maximum absolute atomic E-state index is 10.6. The van der Waals surface area contributed by atoms with Gasteiger partial charge in [0.15, 0.2) is 0 Å². The summed E-state index contributed by atoms with van der Waals surface area (Å²) in [7, 11) is 0. The van der Waals surface area contributed by atoms with Gasteiger partial charge in [0.25, 0.3) is 0 Å². The minimum Gasteiger partial charge on any atom is -0.478 e. The van der Waals surface area contributed by atoms with Crippen LogP contribution in [0.15, 0.2) is 10.8 Å². The Hall–Kier alpha value is -0.840. The first-order chi connectivity index (χ1) is 5.52. The summed E-state index contributed by atoms with van der Waals surface area (Å²) < 4.78 is 1.98. The largest absolute Gasteiger partial charge is 0.478 e. The molecule has 1 rings (SSSR count). The van der Waals surface area contributed by atoms with Gasteiger partial charge < -0.3 is 5.11 Å². The van der Waals surface area contributed by atoms with Crippen LogP contribution in [-0.2, 0) is 0 Å². The average Bonchev–Trinajstić information content (AvgIpc) is 2.30. The number of aromatic carboxylic acids is 1. The molecule has 0 saturated heterocycles. The highest BCUT2D eigenvalue weighted by atomic mass is 79.9. The Balaban J connectivity index is 3.09. The third kappa shape index (κ3) is 1.66. The number of aromatic nitrogens is 2. The van der Waals surface area contributed by atoms with Gasteiger partial charge in [0.1, 0.15) is 10.2 Å². The van der Waals surface area contributed by atoms with E-state index in [0.717, 1.165) is 0 Å².